The lowest BCUT2D eigenvalue weighted by Crippen LogP contribution is -2.39. The molecule has 3 heterocycles. The fourth-order valence-corrected chi connectivity index (χ4v) is 4.21. The Morgan fingerprint density at radius 2 is 1.57 bits per heavy atom. The van der Waals surface area contributed by atoms with Gasteiger partial charge in [-0.1, -0.05) is 42.5 Å². The van der Waals surface area contributed by atoms with Crippen molar-refractivity contribution in [2.24, 2.45) is 0 Å². The lowest BCUT2D eigenvalue weighted by Gasteiger charge is -2.31. The van der Waals surface area contributed by atoms with E-state index in [1.165, 1.54) is 24.4 Å². The molecule has 4 aromatic rings. The third kappa shape index (κ3) is 6.14. The van der Waals surface area contributed by atoms with Crippen molar-refractivity contribution in [2.75, 3.05) is 11.6 Å². The molecule has 0 saturated heterocycles. The molecule has 0 atom stereocenters. The van der Waals surface area contributed by atoms with Crippen LogP contribution in [0, 0.1) is 0 Å². The van der Waals surface area contributed by atoms with E-state index in [1.807, 2.05) is 0 Å². The van der Waals surface area contributed by atoms with Crippen molar-refractivity contribution in [3.8, 4) is 17.0 Å². The van der Waals surface area contributed by atoms with Crippen LogP contribution in [-0.4, -0.2) is 38.7 Å². The Kier molecular flexibility index (Phi) is 7.50. The summed E-state index contributed by atoms with van der Waals surface area (Å²) in [5, 5.41) is 14.4. The number of carboxylic acids is 1. The van der Waals surface area contributed by atoms with E-state index >= 15 is 0 Å². The second kappa shape index (κ2) is 11.1. The zero-order valence-electron chi connectivity index (χ0n) is 21.4. The summed E-state index contributed by atoms with van der Waals surface area (Å²) < 4.78 is 85.1. The summed E-state index contributed by atoms with van der Waals surface area (Å²) in [6, 6.07) is 14.9. The van der Waals surface area contributed by atoms with Gasteiger partial charge in [0.05, 0.1) is 46.9 Å². The largest absolute Gasteiger partial charge is 0.478 e. The average molecular weight is 586 g/mol. The SMILES string of the molecule is O=C(O)c1cnn(N2CC(C(F)(F)F)=CC=C2c2cccnc2OCc2ccc(-c3ccc(C(F)(F)F)cc3)cc2)c1. The van der Waals surface area contributed by atoms with Gasteiger partial charge >= 0.3 is 18.3 Å². The van der Waals surface area contributed by atoms with Gasteiger partial charge in [0.15, 0.2) is 0 Å². The van der Waals surface area contributed by atoms with Gasteiger partial charge in [-0.05, 0) is 47.0 Å². The van der Waals surface area contributed by atoms with E-state index in [1.54, 1.807) is 36.4 Å². The topological polar surface area (TPSA) is 80.5 Å². The van der Waals surface area contributed by atoms with Crippen LogP contribution in [0.15, 0.2) is 97.0 Å². The number of carboxylic acid groups (broad SMARTS) is 1. The van der Waals surface area contributed by atoms with E-state index in [2.05, 4.69) is 10.1 Å². The third-order valence-corrected chi connectivity index (χ3v) is 6.39. The molecule has 0 bridgehead atoms. The number of hydrogen-bond donors (Lipinski definition) is 1. The van der Waals surface area contributed by atoms with Crippen LogP contribution in [0.2, 0.25) is 0 Å². The monoisotopic (exact) mass is 586 g/mol. The van der Waals surface area contributed by atoms with E-state index in [9.17, 15) is 36.2 Å². The van der Waals surface area contributed by atoms with Crippen LogP contribution in [0.25, 0.3) is 16.8 Å². The zero-order valence-corrected chi connectivity index (χ0v) is 21.4. The summed E-state index contributed by atoms with van der Waals surface area (Å²) in [6.45, 7) is -0.616. The normalized spacial score (nSPS) is 13.9. The average Bonchev–Trinajstić information content (AvgIpc) is 3.46. The molecule has 0 amide bonds. The number of halogens is 6. The number of benzene rings is 2. The van der Waals surface area contributed by atoms with Crippen molar-refractivity contribution >= 4 is 11.7 Å². The fourth-order valence-electron chi connectivity index (χ4n) is 4.21. The maximum atomic E-state index is 13.6. The Hall–Kier alpha value is -5.07. The molecule has 42 heavy (non-hydrogen) atoms. The van der Waals surface area contributed by atoms with Crippen molar-refractivity contribution in [3.63, 3.8) is 0 Å². The number of alkyl halides is 6. The van der Waals surface area contributed by atoms with E-state index in [0.29, 0.717) is 22.3 Å². The number of hydrogen-bond acceptors (Lipinski definition) is 5. The van der Waals surface area contributed by atoms with Crippen LogP contribution in [0.5, 0.6) is 5.88 Å². The van der Waals surface area contributed by atoms with Gasteiger partial charge in [-0.15, -0.1) is 0 Å². The first-order valence-corrected chi connectivity index (χ1v) is 12.3. The summed E-state index contributed by atoms with van der Waals surface area (Å²) >= 11 is 0. The Morgan fingerprint density at radius 3 is 2.17 bits per heavy atom. The Bertz CT molecular complexity index is 1660. The third-order valence-electron chi connectivity index (χ3n) is 6.39. The van der Waals surface area contributed by atoms with Crippen molar-refractivity contribution in [2.45, 2.75) is 19.0 Å². The minimum Gasteiger partial charge on any atom is -0.478 e. The molecule has 5 rings (SSSR count). The van der Waals surface area contributed by atoms with Crippen molar-refractivity contribution in [3.05, 3.63) is 119 Å². The number of pyridine rings is 1. The number of ether oxygens (including phenoxy) is 1. The number of aromatic nitrogens is 3. The van der Waals surface area contributed by atoms with Crippen LogP contribution >= 0.6 is 0 Å². The van der Waals surface area contributed by atoms with E-state index in [4.69, 9.17) is 4.74 Å². The highest BCUT2D eigenvalue weighted by Gasteiger charge is 2.37. The highest BCUT2D eigenvalue weighted by atomic mass is 19.4. The lowest BCUT2D eigenvalue weighted by atomic mass is 10.0. The zero-order chi connectivity index (χ0) is 30.1. The predicted octanol–water partition coefficient (Wildman–Crippen LogP) is 6.72. The second-order valence-electron chi connectivity index (χ2n) is 9.17. The number of aromatic carboxylic acids is 1. The van der Waals surface area contributed by atoms with E-state index in [0.717, 1.165) is 40.4 Å². The molecule has 0 radical (unpaired) electrons. The van der Waals surface area contributed by atoms with Gasteiger partial charge in [0, 0.05) is 6.20 Å². The van der Waals surface area contributed by atoms with Gasteiger partial charge in [0.25, 0.3) is 0 Å². The number of nitrogens with zero attached hydrogens (tertiary/aromatic N) is 4. The highest BCUT2D eigenvalue weighted by Crippen LogP contribution is 2.35. The van der Waals surface area contributed by atoms with Gasteiger partial charge in [-0.2, -0.15) is 36.2 Å². The molecular formula is C29H20F6N4O3. The first kappa shape index (κ1) is 28.5. The first-order chi connectivity index (χ1) is 19.9. The first-order valence-electron chi connectivity index (χ1n) is 12.3. The summed E-state index contributed by atoms with van der Waals surface area (Å²) in [5.74, 6) is -1.18. The van der Waals surface area contributed by atoms with Crippen LogP contribution < -0.4 is 9.75 Å². The Balaban J connectivity index is 1.38. The molecule has 1 aliphatic rings. The number of rotatable bonds is 7. The van der Waals surface area contributed by atoms with Crippen molar-refractivity contribution in [1.29, 1.82) is 0 Å². The molecule has 2 aromatic carbocycles. The predicted molar refractivity (Wildman–Crippen MR) is 140 cm³/mol. The summed E-state index contributed by atoms with van der Waals surface area (Å²) in [6.07, 6.45) is -3.30. The van der Waals surface area contributed by atoms with Crippen LogP contribution in [-0.2, 0) is 12.8 Å². The minimum atomic E-state index is -4.62. The Labute approximate surface area is 234 Å². The van der Waals surface area contributed by atoms with Gasteiger partial charge in [0.2, 0.25) is 5.88 Å². The van der Waals surface area contributed by atoms with Crippen molar-refractivity contribution < 1.29 is 41.0 Å². The molecule has 7 nitrogen and oxygen atoms in total. The molecule has 2 aromatic heterocycles. The summed E-state index contributed by atoms with van der Waals surface area (Å²) in [5.41, 5.74) is 0.762. The molecule has 1 aliphatic heterocycles. The van der Waals surface area contributed by atoms with Crippen LogP contribution in [0.4, 0.5) is 26.3 Å². The van der Waals surface area contributed by atoms with Crippen LogP contribution in [0.1, 0.15) is 27.0 Å². The quantitative estimate of drug-likeness (QED) is 0.242. The molecule has 13 heteroatoms. The van der Waals surface area contributed by atoms with Gasteiger partial charge in [-0.3, -0.25) is 5.01 Å². The van der Waals surface area contributed by atoms with Crippen molar-refractivity contribution in [1.82, 2.24) is 14.9 Å². The maximum Gasteiger partial charge on any atom is 0.416 e. The van der Waals surface area contributed by atoms with Gasteiger partial charge in [-0.25, -0.2) is 9.78 Å². The fraction of sp³-hybridized carbons (Fsp3) is 0.138. The molecule has 0 fully saturated rings. The van der Waals surface area contributed by atoms with Gasteiger partial charge in [0.1, 0.15) is 6.61 Å². The minimum absolute atomic E-state index is 0.0269. The molecular weight excluding hydrogens is 566 g/mol. The summed E-state index contributed by atoms with van der Waals surface area (Å²) in [4.78, 5) is 16.6. The van der Waals surface area contributed by atoms with E-state index in [-0.39, 0.29) is 23.7 Å². The number of carbonyl (C=O) groups is 1. The second-order valence-corrected chi connectivity index (χ2v) is 9.17. The standard InChI is InChI=1S/C29H20F6N4O3/c30-28(31,32)22-9-7-20(8-10-22)19-5-3-18(4-6-19)17-42-26-24(2-1-13-36-26)25-12-11-23(29(33,34)35)16-38(25)39-15-21(14-37-39)27(40)41/h1-15H,16-17H2,(H,40,41). The molecule has 0 spiro atoms. The molecule has 0 saturated carbocycles. The molecule has 0 unspecified atom stereocenters. The lowest BCUT2D eigenvalue weighted by molar-refractivity contribution is -0.137. The van der Waals surface area contributed by atoms with Gasteiger partial charge < -0.3 is 9.84 Å². The summed E-state index contributed by atoms with van der Waals surface area (Å²) in [7, 11) is 0. The maximum absolute atomic E-state index is 13.6. The number of allylic oxidation sites excluding steroid dienone is 2. The highest BCUT2D eigenvalue weighted by molar-refractivity contribution is 5.87. The molecule has 216 valence electrons. The molecule has 0 aliphatic carbocycles. The molecule has 1 N–H and O–H groups in total. The smallest absolute Gasteiger partial charge is 0.416 e. The van der Waals surface area contributed by atoms with E-state index < -0.39 is 36.0 Å². The Morgan fingerprint density at radius 1 is 0.905 bits per heavy atom. The van der Waals surface area contributed by atoms with Crippen LogP contribution in [0.3, 0.4) is 0 Å².